The van der Waals surface area contributed by atoms with Crippen LogP contribution in [0.15, 0.2) is 0 Å². The maximum atomic E-state index is 13.0. The molecular formula is C71H138O17P2. The normalized spacial score (nSPS) is 14.3. The second-order valence-corrected chi connectivity index (χ2v) is 30.4. The predicted molar refractivity (Wildman–Crippen MR) is 363 cm³/mol. The molecule has 534 valence electrons. The van der Waals surface area contributed by atoms with E-state index in [2.05, 4.69) is 55.4 Å². The van der Waals surface area contributed by atoms with Crippen LogP contribution < -0.4 is 0 Å². The highest BCUT2D eigenvalue weighted by Crippen LogP contribution is 2.45. The van der Waals surface area contributed by atoms with Crippen molar-refractivity contribution < 1.29 is 80.2 Å². The molecule has 3 N–H and O–H groups in total. The van der Waals surface area contributed by atoms with Gasteiger partial charge in [-0.05, 0) is 49.4 Å². The number of phosphoric acid groups is 2. The first-order valence-electron chi connectivity index (χ1n) is 36.7. The molecule has 3 unspecified atom stereocenters. The highest BCUT2D eigenvalue weighted by atomic mass is 31.2. The summed E-state index contributed by atoms with van der Waals surface area (Å²) in [6.07, 6.45) is 43.1. The number of hydrogen-bond acceptors (Lipinski definition) is 15. The fourth-order valence-corrected chi connectivity index (χ4v) is 12.2. The first-order valence-corrected chi connectivity index (χ1v) is 39.7. The topological polar surface area (TPSA) is 237 Å². The molecule has 17 nitrogen and oxygen atoms in total. The van der Waals surface area contributed by atoms with E-state index >= 15 is 0 Å². The molecule has 90 heavy (non-hydrogen) atoms. The van der Waals surface area contributed by atoms with Gasteiger partial charge in [0, 0.05) is 25.7 Å². The molecule has 0 saturated heterocycles. The SMILES string of the molecule is CC(C)CCCCCCCCCCCCCCC(=O)OC[C@H](COP(=O)(O)OCC(O)COP(=O)(O)OC[C@@H](COC(=O)CCCCCCCCCCC(C)C)OC(=O)CCCCCCCCCCCC(C)C)OC(=O)CCCCCCCCCCCC(C)C. The molecule has 0 aromatic rings. The summed E-state index contributed by atoms with van der Waals surface area (Å²) >= 11 is 0. The minimum Gasteiger partial charge on any atom is -0.462 e. The highest BCUT2D eigenvalue weighted by molar-refractivity contribution is 7.47. The monoisotopic (exact) mass is 1320 g/mol. The van der Waals surface area contributed by atoms with Gasteiger partial charge < -0.3 is 33.8 Å². The predicted octanol–water partition coefficient (Wildman–Crippen LogP) is 20.1. The van der Waals surface area contributed by atoms with Crippen LogP contribution in [0.5, 0.6) is 0 Å². The Labute approximate surface area is 549 Å². The zero-order chi connectivity index (χ0) is 66.8. The van der Waals surface area contributed by atoms with E-state index in [0.29, 0.717) is 25.7 Å². The van der Waals surface area contributed by atoms with Gasteiger partial charge in [0.15, 0.2) is 12.2 Å². The van der Waals surface area contributed by atoms with Gasteiger partial charge in [-0.2, -0.15) is 0 Å². The van der Waals surface area contributed by atoms with E-state index in [9.17, 15) is 43.2 Å². The minimum absolute atomic E-state index is 0.104. The fourth-order valence-electron chi connectivity index (χ4n) is 10.7. The van der Waals surface area contributed by atoms with Gasteiger partial charge in [-0.15, -0.1) is 0 Å². The molecule has 0 bridgehead atoms. The smallest absolute Gasteiger partial charge is 0.462 e. The summed E-state index contributed by atoms with van der Waals surface area (Å²) in [6, 6.07) is 0. The molecule has 0 rings (SSSR count). The van der Waals surface area contributed by atoms with Crippen LogP contribution in [0.2, 0.25) is 0 Å². The van der Waals surface area contributed by atoms with Gasteiger partial charge in [0.05, 0.1) is 26.4 Å². The number of carbonyl (C=O) groups excluding carboxylic acids is 4. The van der Waals surface area contributed by atoms with E-state index in [1.54, 1.807) is 0 Å². The third kappa shape index (κ3) is 64.8. The zero-order valence-corrected chi connectivity index (χ0v) is 60.6. The number of aliphatic hydroxyl groups excluding tert-OH is 1. The molecule has 0 amide bonds. The number of carbonyl (C=O) groups is 4. The lowest BCUT2D eigenvalue weighted by molar-refractivity contribution is -0.161. The molecule has 5 atom stereocenters. The molecular weight excluding hydrogens is 1190 g/mol. The van der Waals surface area contributed by atoms with E-state index in [1.807, 2.05) is 0 Å². The quantitative estimate of drug-likeness (QED) is 0.0222. The Morgan fingerprint density at radius 2 is 0.467 bits per heavy atom. The van der Waals surface area contributed by atoms with Gasteiger partial charge in [0.1, 0.15) is 19.3 Å². The van der Waals surface area contributed by atoms with E-state index in [1.165, 1.54) is 154 Å². The van der Waals surface area contributed by atoms with Crippen molar-refractivity contribution in [2.24, 2.45) is 23.7 Å². The molecule has 19 heteroatoms. The number of aliphatic hydroxyl groups is 1. The first kappa shape index (κ1) is 88.1. The number of unbranched alkanes of at least 4 members (excludes halogenated alkanes) is 34. The summed E-state index contributed by atoms with van der Waals surface area (Å²) in [6.45, 7) is 14.1. The van der Waals surface area contributed by atoms with Crippen molar-refractivity contribution in [2.45, 2.75) is 369 Å². The van der Waals surface area contributed by atoms with Crippen molar-refractivity contribution in [2.75, 3.05) is 39.6 Å². The number of esters is 4. The average Bonchev–Trinajstić information content (AvgIpc) is 2.30. The van der Waals surface area contributed by atoms with Crippen LogP contribution >= 0.6 is 15.6 Å². The van der Waals surface area contributed by atoms with Crippen LogP contribution in [0.3, 0.4) is 0 Å². The summed E-state index contributed by atoms with van der Waals surface area (Å²) in [5, 5.41) is 10.6. The van der Waals surface area contributed by atoms with Gasteiger partial charge in [-0.1, -0.05) is 299 Å². The Balaban J connectivity index is 5.25. The summed E-state index contributed by atoms with van der Waals surface area (Å²) < 4.78 is 68.3. The van der Waals surface area contributed by atoms with Gasteiger partial charge in [-0.25, -0.2) is 9.13 Å². The third-order valence-corrected chi connectivity index (χ3v) is 18.2. The Bertz CT molecular complexity index is 1780. The standard InChI is InChI=1S/C71H138O17P2/c1-61(2)47-39-31-23-15-11-9-10-12-18-27-35-43-51-68(73)81-57-66(87-70(75)53-45-37-29-19-13-16-24-32-40-48-62(3)4)59-85-89(77,78)83-55-65(72)56-84-90(79,80)86-60-67(58-82-69(74)52-44-36-28-22-21-26-34-42-50-64(7)8)88-71(76)54-46-38-30-20-14-17-25-33-41-49-63(5)6/h61-67,72H,9-60H2,1-8H3,(H,77,78)(H,79,80)/t65?,66-,67-/m1/s1. The maximum Gasteiger partial charge on any atom is 0.472 e. The Kier molecular flexibility index (Phi) is 59.4. The van der Waals surface area contributed by atoms with Gasteiger partial charge in [-0.3, -0.25) is 37.3 Å². The van der Waals surface area contributed by atoms with Crippen molar-refractivity contribution in [1.29, 1.82) is 0 Å². The molecule has 0 fully saturated rings. The lowest BCUT2D eigenvalue weighted by Crippen LogP contribution is -2.30. The Morgan fingerprint density at radius 3 is 0.689 bits per heavy atom. The van der Waals surface area contributed by atoms with E-state index < -0.39 is 97.5 Å². The average molecular weight is 1330 g/mol. The molecule has 0 spiro atoms. The van der Waals surface area contributed by atoms with Gasteiger partial charge in [0.25, 0.3) is 0 Å². The van der Waals surface area contributed by atoms with E-state index in [0.717, 1.165) is 114 Å². The van der Waals surface area contributed by atoms with Crippen molar-refractivity contribution in [3.63, 3.8) is 0 Å². The zero-order valence-electron chi connectivity index (χ0n) is 58.8. The third-order valence-electron chi connectivity index (χ3n) is 16.3. The number of hydrogen-bond donors (Lipinski definition) is 3. The summed E-state index contributed by atoms with van der Waals surface area (Å²) in [5.74, 6) is 0.852. The second-order valence-electron chi connectivity index (χ2n) is 27.5. The summed E-state index contributed by atoms with van der Waals surface area (Å²) in [4.78, 5) is 72.6. The lowest BCUT2D eigenvalue weighted by Gasteiger charge is -2.21. The largest absolute Gasteiger partial charge is 0.472 e. The molecule has 0 aromatic heterocycles. The number of rotatable bonds is 68. The molecule has 0 heterocycles. The van der Waals surface area contributed by atoms with Crippen molar-refractivity contribution >= 4 is 39.5 Å². The Morgan fingerprint density at radius 1 is 0.278 bits per heavy atom. The summed E-state index contributed by atoms with van der Waals surface area (Å²) in [7, 11) is -9.90. The summed E-state index contributed by atoms with van der Waals surface area (Å²) in [5.41, 5.74) is 0. The van der Waals surface area contributed by atoms with E-state index in [-0.39, 0.29) is 25.7 Å². The van der Waals surface area contributed by atoms with Crippen molar-refractivity contribution in [3.05, 3.63) is 0 Å². The van der Waals surface area contributed by atoms with Crippen LogP contribution in [0.25, 0.3) is 0 Å². The molecule has 0 saturated carbocycles. The van der Waals surface area contributed by atoms with Crippen LogP contribution in [-0.4, -0.2) is 96.7 Å². The van der Waals surface area contributed by atoms with Crippen LogP contribution in [0, 0.1) is 23.7 Å². The fraction of sp³-hybridized carbons (Fsp3) is 0.944. The molecule has 0 aliphatic heterocycles. The van der Waals surface area contributed by atoms with Crippen LogP contribution in [0.4, 0.5) is 0 Å². The molecule has 0 aromatic carbocycles. The lowest BCUT2D eigenvalue weighted by atomic mass is 10.0. The maximum absolute atomic E-state index is 13.0. The van der Waals surface area contributed by atoms with Crippen LogP contribution in [-0.2, 0) is 65.4 Å². The van der Waals surface area contributed by atoms with Crippen LogP contribution in [0.1, 0.15) is 351 Å². The first-order chi connectivity index (χ1) is 43.1. The molecule has 0 aliphatic carbocycles. The Hall–Kier alpha value is -1.94. The molecule has 0 radical (unpaired) electrons. The van der Waals surface area contributed by atoms with Crippen molar-refractivity contribution in [1.82, 2.24) is 0 Å². The molecule has 0 aliphatic rings. The van der Waals surface area contributed by atoms with Crippen molar-refractivity contribution in [3.8, 4) is 0 Å². The van der Waals surface area contributed by atoms with Gasteiger partial charge in [0.2, 0.25) is 0 Å². The highest BCUT2D eigenvalue weighted by Gasteiger charge is 2.30. The second kappa shape index (κ2) is 60.7. The van der Waals surface area contributed by atoms with Gasteiger partial charge >= 0.3 is 39.5 Å². The number of phosphoric ester groups is 2. The number of ether oxygens (including phenoxy) is 4. The van der Waals surface area contributed by atoms with E-state index in [4.69, 9.17) is 37.0 Å². The minimum atomic E-state index is -4.95.